The van der Waals surface area contributed by atoms with Crippen LogP contribution >= 0.6 is 0 Å². The van der Waals surface area contributed by atoms with Gasteiger partial charge in [-0.1, -0.05) is 29.8 Å². The van der Waals surface area contributed by atoms with Gasteiger partial charge in [-0.3, -0.25) is 9.69 Å². The second kappa shape index (κ2) is 5.98. The van der Waals surface area contributed by atoms with Crippen LogP contribution < -0.4 is 11.1 Å². The Morgan fingerprint density at radius 3 is 2.78 bits per heavy atom. The summed E-state index contributed by atoms with van der Waals surface area (Å²) in [5.41, 5.74) is 8.10. The molecule has 0 bridgehead atoms. The second-order valence-corrected chi connectivity index (χ2v) is 4.84. The number of nitrogens with zero attached hydrogens (tertiary/aromatic N) is 1. The van der Waals surface area contributed by atoms with Crippen LogP contribution in [0.1, 0.15) is 17.5 Å². The first kappa shape index (κ1) is 13.1. The van der Waals surface area contributed by atoms with Crippen molar-refractivity contribution in [1.29, 1.82) is 0 Å². The molecule has 0 aromatic heterocycles. The normalized spacial score (nSPS) is 20.8. The summed E-state index contributed by atoms with van der Waals surface area (Å²) in [6.45, 7) is 5.06. The van der Waals surface area contributed by atoms with Gasteiger partial charge in [0.2, 0.25) is 5.91 Å². The summed E-state index contributed by atoms with van der Waals surface area (Å²) in [4.78, 5) is 14.0. The molecule has 1 aliphatic heterocycles. The zero-order valence-corrected chi connectivity index (χ0v) is 10.9. The minimum Gasteiger partial charge on any atom is -0.353 e. The van der Waals surface area contributed by atoms with Crippen LogP contribution in [0.15, 0.2) is 24.3 Å². The summed E-state index contributed by atoms with van der Waals surface area (Å²) in [6, 6.07) is 8.39. The van der Waals surface area contributed by atoms with Crippen molar-refractivity contribution in [3.05, 3.63) is 35.4 Å². The van der Waals surface area contributed by atoms with Crippen LogP contribution in [0.25, 0.3) is 0 Å². The van der Waals surface area contributed by atoms with Gasteiger partial charge < -0.3 is 11.1 Å². The van der Waals surface area contributed by atoms with E-state index in [4.69, 9.17) is 5.73 Å². The highest BCUT2D eigenvalue weighted by Crippen LogP contribution is 2.13. The molecular weight excluding hydrogens is 226 g/mol. The fraction of sp³-hybridized carbons (Fsp3) is 0.500. The average molecular weight is 247 g/mol. The fourth-order valence-electron chi connectivity index (χ4n) is 2.35. The van der Waals surface area contributed by atoms with E-state index in [-0.39, 0.29) is 11.9 Å². The highest BCUT2D eigenvalue weighted by Gasteiger charge is 2.28. The number of rotatable bonds is 4. The van der Waals surface area contributed by atoms with Gasteiger partial charge in [0.25, 0.3) is 0 Å². The topological polar surface area (TPSA) is 58.4 Å². The van der Waals surface area contributed by atoms with Gasteiger partial charge in [0.1, 0.15) is 0 Å². The molecule has 2 rings (SSSR count). The van der Waals surface area contributed by atoms with Gasteiger partial charge >= 0.3 is 0 Å². The molecule has 1 saturated heterocycles. The number of hydrogen-bond donors (Lipinski definition) is 2. The molecule has 1 aliphatic rings. The predicted octanol–water partition coefficient (Wildman–Crippen LogP) is 0.644. The van der Waals surface area contributed by atoms with Crippen molar-refractivity contribution in [1.82, 2.24) is 10.2 Å². The quantitative estimate of drug-likeness (QED) is 0.821. The summed E-state index contributed by atoms with van der Waals surface area (Å²) in [5, 5.41) is 2.91. The summed E-state index contributed by atoms with van der Waals surface area (Å²) in [6.07, 6.45) is 0.720. The van der Waals surface area contributed by atoms with Gasteiger partial charge in [-0.25, -0.2) is 0 Å². The van der Waals surface area contributed by atoms with Crippen LogP contribution in [0, 0.1) is 6.92 Å². The van der Waals surface area contributed by atoms with Crippen molar-refractivity contribution in [2.75, 3.05) is 19.6 Å². The van der Waals surface area contributed by atoms with Crippen molar-refractivity contribution in [2.24, 2.45) is 5.73 Å². The Kier molecular flexibility index (Phi) is 4.33. The molecule has 1 fully saturated rings. The first-order chi connectivity index (χ1) is 8.70. The monoisotopic (exact) mass is 247 g/mol. The molecule has 3 N–H and O–H groups in total. The van der Waals surface area contributed by atoms with Gasteiger partial charge in [0.05, 0.1) is 6.04 Å². The van der Waals surface area contributed by atoms with Crippen molar-refractivity contribution < 1.29 is 4.79 Å². The lowest BCUT2D eigenvalue weighted by molar-refractivity contribution is -0.129. The Labute approximate surface area is 108 Å². The van der Waals surface area contributed by atoms with E-state index in [9.17, 15) is 4.79 Å². The molecule has 1 aromatic carbocycles. The minimum atomic E-state index is -0.0787. The van der Waals surface area contributed by atoms with Crippen LogP contribution in [0.4, 0.5) is 0 Å². The smallest absolute Gasteiger partial charge is 0.237 e. The fourth-order valence-corrected chi connectivity index (χ4v) is 2.35. The average Bonchev–Trinajstić information content (AvgIpc) is 2.36. The first-order valence-electron chi connectivity index (χ1n) is 6.48. The Morgan fingerprint density at radius 2 is 2.11 bits per heavy atom. The van der Waals surface area contributed by atoms with Crippen LogP contribution in [-0.4, -0.2) is 36.5 Å². The zero-order chi connectivity index (χ0) is 13.0. The maximum atomic E-state index is 11.8. The number of carbonyl (C=O) groups is 1. The molecule has 4 heteroatoms. The SMILES string of the molecule is Cc1ccc(CN2CCNC(=O)C2CCN)cc1. The molecule has 0 aliphatic carbocycles. The zero-order valence-electron chi connectivity index (χ0n) is 10.9. The Bertz CT molecular complexity index is 402. The van der Waals surface area contributed by atoms with E-state index in [2.05, 4.69) is 41.4 Å². The van der Waals surface area contributed by atoms with Gasteiger partial charge in [-0.2, -0.15) is 0 Å². The summed E-state index contributed by atoms with van der Waals surface area (Å²) >= 11 is 0. The lowest BCUT2D eigenvalue weighted by Gasteiger charge is -2.34. The van der Waals surface area contributed by atoms with Crippen LogP contribution in [0.2, 0.25) is 0 Å². The van der Waals surface area contributed by atoms with E-state index in [1.807, 2.05) is 0 Å². The molecule has 0 saturated carbocycles. The van der Waals surface area contributed by atoms with E-state index in [0.29, 0.717) is 6.54 Å². The lowest BCUT2D eigenvalue weighted by atomic mass is 10.1. The molecule has 1 unspecified atom stereocenters. The third kappa shape index (κ3) is 3.09. The number of carbonyl (C=O) groups excluding carboxylic acids is 1. The number of amides is 1. The molecule has 4 nitrogen and oxygen atoms in total. The molecule has 1 aromatic rings. The van der Waals surface area contributed by atoms with Gasteiger partial charge in [-0.05, 0) is 25.5 Å². The Hall–Kier alpha value is -1.39. The maximum absolute atomic E-state index is 11.8. The number of piperazine rings is 1. The van der Waals surface area contributed by atoms with Crippen LogP contribution in [0.5, 0.6) is 0 Å². The second-order valence-electron chi connectivity index (χ2n) is 4.84. The molecule has 1 amide bonds. The van der Waals surface area contributed by atoms with E-state index >= 15 is 0 Å². The van der Waals surface area contributed by atoms with E-state index in [1.54, 1.807) is 0 Å². The Balaban J connectivity index is 2.05. The van der Waals surface area contributed by atoms with Crippen molar-refractivity contribution in [3.63, 3.8) is 0 Å². The largest absolute Gasteiger partial charge is 0.353 e. The molecule has 1 heterocycles. The van der Waals surface area contributed by atoms with Gasteiger partial charge in [-0.15, -0.1) is 0 Å². The summed E-state index contributed by atoms with van der Waals surface area (Å²) in [7, 11) is 0. The molecule has 0 spiro atoms. The van der Waals surface area contributed by atoms with Crippen LogP contribution in [-0.2, 0) is 11.3 Å². The number of aryl methyl sites for hydroxylation is 1. The predicted molar refractivity (Wildman–Crippen MR) is 72.1 cm³/mol. The maximum Gasteiger partial charge on any atom is 0.237 e. The Morgan fingerprint density at radius 1 is 1.39 bits per heavy atom. The minimum absolute atomic E-state index is 0.0787. The van der Waals surface area contributed by atoms with E-state index in [1.165, 1.54) is 11.1 Å². The lowest BCUT2D eigenvalue weighted by Crippen LogP contribution is -2.55. The highest BCUT2D eigenvalue weighted by molar-refractivity contribution is 5.82. The number of nitrogens with one attached hydrogen (secondary N) is 1. The molecule has 1 atom stereocenters. The number of nitrogens with two attached hydrogens (primary N) is 1. The summed E-state index contributed by atoms with van der Waals surface area (Å²) < 4.78 is 0. The first-order valence-corrected chi connectivity index (χ1v) is 6.48. The third-order valence-electron chi connectivity index (χ3n) is 3.39. The van der Waals surface area contributed by atoms with Crippen molar-refractivity contribution in [2.45, 2.75) is 25.9 Å². The molecule has 0 radical (unpaired) electrons. The van der Waals surface area contributed by atoms with Gasteiger partial charge in [0.15, 0.2) is 0 Å². The number of hydrogen-bond acceptors (Lipinski definition) is 3. The molecule has 98 valence electrons. The van der Waals surface area contributed by atoms with Crippen molar-refractivity contribution >= 4 is 5.91 Å². The van der Waals surface area contributed by atoms with Crippen molar-refractivity contribution in [3.8, 4) is 0 Å². The van der Waals surface area contributed by atoms with E-state index in [0.717, 1.165) is 26.1 Å². The molecule has 18 heavy (non-hydrogen) atoms. The number of benzene rings is 1. The highest BCUT2D eigenvalue weighted by atomic mass is 16.2. The standard InChI is InChI=1S/C14H21N3O/c1-11-2-4-12(5-3-11)10-17-9-8-16-14(18)13(17)6-7-15/h2-5,13H,6-10,15H2,1H3,(H,16,18). The van der Waals surface area contributed by atoms with Gasteiger partial charge in [0, 0.05) is 19.6 Å². The molecular formula is C14H21N3O. The third-order valence-corrected chi connectivity index (χ3v) is 3.39. The van der Waals surface area contributed by atoms with Crippen LogP contribution in [0.3, 0.4) is 0 Å². The summed E-state index contributed by atoms with van der Waals surface area (Å²) in [5.74, 6) is 0.110. The van der Waals surface area contributed by atoms with E-state index < -0.39 is 0 Å².